The molecular formula is C63H34N4S3. The summed E-state index contributed by atoms with van der Waals surface area (Å²) in [5, 5.41) is 17.1. The molecule has 0 N–H and O–H groups in total. The van der Waals surface area contributed by atoms with Crippen LogP contribution >= 0.6 is 34.0 Å². The van der Waals surface area contributed by atoms with Crippen LogP contribution in [0, 0.1) is 0 Å². The van der Waals surface area contributed by atoms with Gasteiger partial charge in [-0.15, -0.1) is 34.0 Å². The summed E-state index contributed by atoms with van der Waals surface area (Å²) in [5.41, 5.74) is 6.23. The van der Waals surface area contributed by atoms with Gasteiger partial charge < -0.3 is 4.57 Å². The first-order chi connectivity index (χ1) is 34.7. The predicted octanol–water partition coefficient (Wildman–Crippen LogP) is 18.5. The number of rotatable bonds is 4. The van der Waals surface area contributed by atoms with E-state index in [1.54, 1.807) is 22.7 Å². The minimum absolute atomic E-state index is 0.632. The average Bonchev–Trinajstić information content (AvgIpc) is 4.18. The van der Waals surface area contributed by atoms with E-state index >= 15 is 0 Å². The van der Waals surface area contributed by atoms with Crippen LogP contribution in [-0.4, -0.2) is 19.5 Å². The van der Waals surface area contributed by atoms with E-state index in [9.17, 15) is 0 Å². The van der Waals surface area contributed by atoms with Gasteiger partial charge in [0.2, 0.25) is 0 Å². The van der Waals surface area contributed by atoms with E-state index in [-0.39, 0.29) is 0 Å². The van der Waals surface area contributed by atoms with E-state index < -0.39 is 0 Å². The van der Waals surface area contributed by atoms with Crippen LogP contribution in [0.3, 0.4) is 0 Å². The predicted molar refractivity (Wildman–Crippen MR) is 302 cm³/mol. The zero-order valence-electron chi connectivity index (χ0n) is 37.1. The quantitative estimate of drug-likeness (QED) is 0.177. The molecule has 0 unspecified atom stereocenters. The van der Waals surface area contributed by atoms with Crippen molar-refractivity contribution in [3.8, 4) is 39.9 Å². The maximum absolute atomic E-state index is 5.66. The summed E-state index contributed by atoms with van der Waals surface area (Å²) in [6, 6.07) is 75.5. The van der Waals surface area contributed by atoms with Gasteiger partial charge in [0, 0.05) is 88.0 Å². The second kappa shape index (κ2) is 14.6. The highest BCUT2D eigenvalue weighted by molar-refractivity contribution is 7.27. The lowest BCUT2D eigenvalue weighted by atomic mass is 10.0. The van der Waals surface area contributed by atoms with Crippen LogP contribution in [0.1, 0.15) is 0 Å². The summed E-state index contributed by atoms with van der Waals surface area (Å²) < 4.78 is 9.77. The van der Waals surface area contributed by atoms with E-state index in [1.165, 1.54) is 104 Å². The molecule has 0 radical (unpaired) electrons. The van der Waals surface area contributed by atoms with Gasteiger partial charge in [-0.3, -0.25) is 0 Å². The van der Waals surface area contributed by atoms with Crippen molar-refractivity contribution < 1.29 is 0 Å². The highest BCUT2D eigenvalue weighted by Gasteiger charge is 2.25. The Balaban J connectivity index is 1.07. The van der Waals surface area contributed by atoms with Gasteiger partial charge >= 0.3 is 0 Å². The molecule has 324 valence electrons. The Kier molecular flexibility index (Phi) is 8.05. The number of nitrogens with zero attached hydrogens (tertiary/aromatic N) is 4. The molecule has 5 aromatic heterocycles. The summed E-state index contributed by atoms with van der Waals surface area (Å²) in [5.74, 6) is 1.94. The molecular weight excluding hydrogens is 909 g/mol. The molecule has 7 heteroatoms. The molecule has 0 aliphatic carbocycles. The molecule has 70 heavy (non-hydrogen) atoms. The monoisotopic (exact) mass is 942 g/mol. The van der Waals surface area contributed by atoms with Gasteiger partial charge in [0.1, 0.15) is 0 Å². The first-order valence-corrected chi connectivity index (χ1v) is 25.9. The van der Waals surface area contributed by atoms with Gasteiger partial charge in [-0.25, -0.2) is 15.0 Å². The number of aromatic nitrogens is 4. The van der Waals surface area contributed by atoms with Crippen LogP contribution in [0.15, 0.2) is 206 Å². The fourth-order valence-electron chi connectivity index (χ4n) is 11.2. The molecule has 0 saturated carbocycles. The van der Waals surface area contributed by atoms with E-state index in [2.05, 4.69) is 211 Å². The number of hydrogen-bond donors (Lipinski definition) is 0. The molecule has 5 heterocycles. The molecule has 0 bridgehead atoms. The molecule has 0 fully saturated rings. The summed E-state index contributed by atoms with van der Waals surface area (Å²) in [6.45, 7) is 0. The Morgan fingerprint density at radius 1 is 0.286 bits per heavy atom. The number of hydrogen-bond acceptors (Lipinski definition) is 6. The molecule has 4 nitrogen and oxygen atoms in total. The van der Waals surface area contributed by atoms with Crippen molar-refractivity contribution in [1.82, 2.24) is 19.5 Å². The van der Waals surface area contributed by atoms with Gasteiger partial charge in [-0.2, -0.15) is 0 Å². The highest BCUT2D eigenvalue weighted by atomic mass is 32.1. The molecule has 16 aromatic rings. The van der Waals surface area contributed by atoms with E-state index in [4.69, 9.17) is 15.0 Å². The summed E-state index contributed by atoms with van der Waals surface area (Å²) in [4.78, 5) is 16.8. The summed E-state index contributed by atoms with van der Waals surface area (Å²) in [6.07, 6.45) is 0. The molecule has 0 aliphatic rings. The van der Waals surface area contributed by atoms with Crippen molar-refractivity contribution >= 4 is 149 Å². The standard InChI is InChI=1S/C63H34N4S3/c1-2-16-38-32-52-49(31-37(38)15-1)57-39-17-5-3-13-35(39)28-30-51(57)67(52)53-33-48-45-29-27-36-14-4-6-18-40(36)58(45)70-56(48)34-50(53)63-65-61(46-23-11-21-43-41-19-7-9-25-54(41)68-59(43)46)64-62(66-63)47-24-12-22-44-42-20-8-10-26-55(42)69-60(44)47/h1-34H. The maximum atomic E-state index is 5.66. The first kappa shape index (κ1) is 38.6. The maximum Gasteiger partial charge on any atom is 0.166 e. The van der Waals surface area contributed by atoms with Crippen molar-refractivity contribution in [2.75, 3.05) is 0 Å². The van der Waals surface area contributed by atoms with Crippen molar-refractivity contribution in [3.05, 3.63) is 206 Å². The molecule has 0 spiro atoms. The Labute approximate surface area is 411 Å². The molecule has 0 amide bonds. The zero-order chi connectivity index (χ0) is 45.6. The molecule has 0 aliphatic heterocycles. The lowest BCUT2D eigenvalue weighted by Crippen LogP contribution is -2.04. The van der Waals surface area contributed by atoms with Crippen LogP contribution < -0.4 is 0 Å². The second-order valence-corrected chi connectivity index (χ2v) is 21.4. The topological polar surface area (TPSA) is 43.6 Å². The molecule has 16 rings (SSSR count). The fraction of sp³-hybridized carbons (Fsp3) is 0. The lowest BCUT2D eigenvalue weighted by Gasteiger charge is -2.16. The zero-order valence-corrected chi connectivity index (χ0v) is 39.6. The van der Waals surface area contributed by atoms with Crippen LogP contribution in [0.2, 0.25) is 0 Å². The SMILES string of the molecule is c1ccc2cc3c(cc2c1)c1c2ccccc2ccc1n3-c1cc2c(cc1-c1nc(-c3cccc4c3sc3ccccc34)nc(-c3cccc4c3sc3ccccc34)n1)sc1c3ccccc3ccc21. The Bertz CT molecular complexity index is 4780. The van der Waals surface area contributed by atoms with Gasteiger partial charge in [0.25, 0.3) is 0 Å². The largest absolute Gasteiger partial charge is 0.308 e. The van der Waals surface area contributed by atoms with Crippen LogP contribution in [0.5, 0.6) is 0 Å². The van der Waals surface area contributed by atoms with Crippen molar-refractivity contribution in [2.45, 2.75) is 0 Å². The fourth-order valence-corrected chi connectivity index (χ4v) is 14.9. The minimum Gasteiger partial charge on any atom is -0.308 e. The van der Waals surface area contributed by atoms with Gasteiger partial charge in [0.05, 0.1) is 16.7 Å². The highest BCUT2D eigenvalue weighted by Crippen LogP contribution is 2.47. The Morgan fingerprint density at radius 2 is 0.786 bits per heavy atom. The number of benzene rings is 11. The summed E-state index contributed by atoms with van der Waals surface area (Å²) in [7, 11) is 0. The smallest absolute Gasteiger partial charge is 0.166 e. The van der Waals surface area contributed by atoms with Gasteiger partial charge in [-0.05, 0) is 86.9 Å². The second-order valence-electron chi connectivity index (χ2n) is 18.2. The third-order valence-electron chi connectivity index (χ3n) is 14.4. The normalized spacial score (nSPS) is 12.3. The van der Waals surface area contributed by atoms with Gasteiger partial charge in [-0.1, -0.05) is 152 Å². The van der Waals surface area contributed by atoms with Crippen LogP contribution in [0.25, 0.3) is 154 Å². The summed E-state index contributed by atoms with van der Waals surface area (Å²) >= 11 is 5.45. The van der Waals surface area contributed by atoms with Crippen molar-refractivity contribution in [2.24, 2.45) is 0 Å². The molecule has 0 saturated heterocycles. The van der Waals surface area contributed by atoms with Crippen molar-refractivity contribution in [3.63, 3.8) is 0 Å². The van der Waals surface area contributed by atoms with E-state index in [1.807, 2.05) is 11.3 Å². The van der Waals surface area contributed by atoms with Crippen LogP contribution in [0.4, 0.5) is 0 Å². The van der Waals surface area contributed by atoms with Crippen LogP contribution in [-0.2, 0) is 0 Å². The Hall–Kier alpha value is -8.33. The molecule has 0 atom stereocenters. The Morgan fingerprint density at radius 3 is 1.46 bits per heavy atom. The number of fused-ring (bicyclic) bond motifs is 17. The minimum atomic E-state index is 0.632. The third-order valence-corrected chi connectivity index (χ3v) is 18.1. The molecule has 11 aromatic carbocycles. The van der Waals surface area contributed by atoms with Crippen molar-refractivity contribution in [1.29, 1.82) is 0 Å². The number of thiophene rings is 3. The van der Waals surface area contributed by atoms with E-state index in [0.717, 1.165) is 33.4 Å². The lowest BCUT2D eigenvalue weighted by molar-refractivity contribution is 1.07. The third kappa shape index (κ3) is 5.53. The van der Waals surface area contributed by atoms with E-state index in [0.29, 0.717) is 17.5 Å². The average molecular weight is 943 g/mol. The van der Waals surface area contributed by atoms with Gasteiger partial charge in [0.15, 0.2) is 17.5 Å². The first-order valence-electron chi connectivity index (χ1n) is 23.5.